The fourth-order valence-electron chi connectivity index (χ4n) is 2.56. The average molecular weight is 323 g/mol. The molecule has 0 aliphatic heterocycles. The van der Waals surface area contributed by atoms with E-state index in [9.17, 15) is 0 Å². The summed E-state index contributed by atoms with van der Waals surface area (Å²) in [5.74, 6) is 1.03. The predicted molar refractivity (Wildman–Crippen MR) is 85.3 cm³/mol. The van der Waals surface area contributed by atoms with Crippen molar-refractivity contribution in [2.45, 2.75) is 32.2 Å². The van der Waals surface area contributed by atoms with Crippen LogP contribution in [0.15, 0.2) is 24.3 Å². The normalized spacial score (nSPS) is 13.9. The number of benzene rings is 1. The van der Waals surface area contributed by atoms with Crippen LogP contribution < -0.4 is 10.5 Å². The molecule has 3 rings (SSSR count). The fourth-order valence-corrected chi connectivity index (χ4v) is 2.89. The molecule has 0 atom stereocenters. The predicted octanol–water partition coefficient (Wildman–Crippen LogP) is 4.52. The van der Waals surface area contributed by atoms with E-state index in [0.29, 0.717) is 28.2 Å². The average Bonchev–Trinajstić information content (AvgIpc) is 2.51. The van der Waals surface area contributed by atoms with E-state index in [0.717, 1.165) is 24.1 Å². The summed E-state index contributed by atoms with van der Waals surface area (Å²) in [4.78, 5) is 4.65. The SMILES string of the molecule is NCc1cc2c(nc1Oc1cccc(Cl)c1Cl)CCCC2. The maximum absolute atomic E-state index is 6.17. The van der Waals surface area contributed by atoms with Crippen LogP contribution in [0.25, 0.3) is 0 Å². The number of pyridine rings is 1. The molecule has 0 unspecified atom stereocenters. The van der Waals surface area contributed by atoms with Crippen LogP contribution in [0, 0.1) is 0 Å². The van der Waals surface area contributed by atoms with Crippen LogP contribution in [0.2, 0.25) is 10.0 Å². The topological polar surface area (TPSA) is 48.1 Å². The highest BCUT2D eigenvalue weighted by molar-refractivity contribution is 6.42. The standard InChI is InChI=1S/C16H16Cl2N2O/c17-12-5-3-7-14(15(12)18)21-16-11(9-19)8-10-4-1-2-6-13(10)20-16/h3,5,7-8H,1-2,4,6,9,19H2. The van der Waals surface area contributed by atoms with Crippen molar-refractivity contribution in [3.05, 3.63) is 51.1 Å². The Kier molecular flexibility index (Phi) is 4.34. The zero-order valence-corrected chi connectivity index (χ0v) is 13.0. The molecule has 2 N–H and O–H groups in total. The Hall–Kier alpha value is -1.29. The Balaban J connectivity index is 1.99. The van der Waals surface area contributed by atoms with Gasteiger partial charge in [-0.3, -0.25) is 0 Å². The maximum Gasteiger partial charge on any atom is 0.224 e. The van der Waals surface area contributed by atoms with Gasteiger partial charge in [-0.15, -0.1) is 0 Å². The second-order valence-corrected chi connectivity index (χ2v) is 5.91. The van der Waals surface area contributed by atoms with E-state index in [1.807, 2.05) is 0 Å². The summed E-state index contributed by atoms with van der Waals surface area (Å²) in [5, 5.41) is 0.850. The van der Waals surface area contributed by atoms with Crippen molar-refractivity contribution in [2.24, 2.45) is 5.73 Å². The number of hydrogen-bond acceptors (Lipinski definition) is 3. The van der Waals surface area contributed by atoms with Gasteiger partial charge < -0.3 is 10.5 Å². The number of halogens is 2. The molecule has 0 fully saturated rings. The van der Waals surface area contributed by atoms with Gasteiger partial charge >= 0.3 is 0 Å². The number of aromatic nitrogens is 1. The van der Waals surface area contributed by atoms with Crippen LogP contribution in [-0.2, 0) is 19.4 Å². The van der Waals surface area contributed by atoms with E-state index in [1.165, 1.54) is 18.4 Å². The number of nitrogens with two attached hydrogens (primary N) is 1. The lowest BCUT2D eigenvalue weighted by Crippen LogP contribution is -2.10. The van der Waals surface area contributed by atoms with Gasteiger partial charge in [0.25, 0.3) is 0 Å². The summed E-state index contributed by atoms with van der Waals surface area (Å²) in [6, 6.07) is 7.40. The molecule has 0 bridgehead atoms. The first-order valence-corrected chi connectivity index (χ1v) is 7.78. The van der Waals surface area contributed by atoms with Crippen molar-refractivity contribution >= 4 is 23.2 Å². The molecule has 1 heterocycles. The number of nitrogens with zero attached hydrogens (tertiary/aromatic N) is 1. The van der Waals surface area contributed by atoms with Gasteiger partial charge in [0.15, 0.2) is 0 Å². The van der Waals surface area contributed by atoms with Crippen LogP contribution in [0.1, 0.15) is 29.7 Å². The number of aryl methyl sites for hydroxylation is 2. The van der Waals surface area contributed by atoms with Crippen molar-refractivity contribution in [3.63, 3.8) is 0 Å². The van der Waals surface area contributed by atoms with Gasteiger partial charge in [0.05, 0.1) is 5.02 Å². The lowest BCUT2D eigenvalue weighted by atomic mass is 9.95. The highest BCUT2D eigenvalue weighted by atomic mass is 35.5. The van der Waals surface area contributed by atoms with Gasteiger partial charge in [0, 0.05) is 17.8 Å². The minimum Gasteiger partial charge on any atom is -0.437 e. The van der Waals surface area contributed by atoms with Gasteiger partial charge in [-0.25, -0.2) is 4.98 Å². The molecule has 1 aromatic heterocycles. The molecule has 1 aromatic carbocycles. The third kappa shape index (κ3) is 3.00. The third-order valence-corrected chi connectivity index (χ3v) is 4.48. The van der Waals surface area contributed by atoms with Crippen LogP contribution in [0.3, 0.4) is 0 Å². The molecule has 0 saturated heterocycles. The van der Waals surface area contributed by atoms with E-state index in [-0.39, 0.29) is 0 Å². The second-order valence-electron chi connectivity index (χ2n) is 5.12. The summed E-state index contributed by atoms with van der Waals surface area (Å²) >= 11 is 12.2. The van der Waals surface area contributed by atoms with E-state index < -0.39 is 0 Å². The Bertz CT molecular complexity index is 674. The van der Waals surface area contributed by atoms with Crippen LogP contribution >= 0.6 is 23.2 Å². The Labute approximate surface area is 134 Å². The summed E-state index contributed by atoms with van der Waals surface area (Å²) in [6.45, 7) is 0.383. The smallest absolute Gasteiger partial charge is 0.224 e. The van der Waals surface area contributed by atoms with E-state index in [1.54, 1.807) is 18.2 Å². The molecular formula is C16H16Cl2N2O. The Morgan fingerprint density at radius 1 is 1.19 bits per heavy atom. The van der Waals surface area contributed by atoms with Gasteiger partial charge in [-0.2, -0.15) is 0 Å². The molecule has 3 nitrogen and oxygen atoms in total. The quantitative estimate of drug-likeness (QED) is 0.903. The largest absolute Gasteiger partial charge is 0.437 e. The second kappa shape index (κ2) is 6.22. The highest BCUT2D eigenvalue weighted by Crippen LogP contribution is 2.36. The van der Waals surface area contributed by atoms with Crippen molar-refractivity contribution in [3.8, 4) is 11.6 Å². The van der Waals surface area contributed by atoms with Crippen LogP contribution in [0.5, 0.6) is 11.6 Å². The monoisotopic (exact) mass is 322 g/mol. The lowest BCUT2D eigenvalue weighted by Gasteiger charge is -2.18. The van der Waals surface area contributed by atoms with E-state index in [2.05, 4.69) is 11.1 Å². The van der Waals surface area contributed by atoms with Crippen molar-refractivity contribution in [1.29, 1.82) is 0 Å². The van der Waals surface area contributed by atoms with Gasteiger partial charge in [0.2, 0.25) is 5.88 Å². The van der Waals surface area contributed by atoms with Crippen LogP contribution in [-0.4, -0.2) is 4.98 Å². The Morgan fingerprint density at radius 3 is 2.81 bits per heavy atom. The molecule has 0 radical (unpaired) electrons. The lowest BCUT2D eigenvalue weighted by molar-refractivity contribution is 0.451. The van der Waals surface area contributed by atoms with Gasteiger partial charge in [0.1, 0.15) is 10.8 Å². The summed E-state index contributed by atoms with van der Waals surface area (Å²) in [7, 11) is 0. The summed E-state index contributed by atoms with van der Waals surface area (Å²) in [6.07, 6.45) is 4.42. The summed E-state index contributed by atoms with van der Waals surface area (Å²) in [5.41, 5.74) is 9.11. The molecule has 2 aromatic rings. The highest BCUT2D eigenvalue weighted by Gasteiger charge is 2.17. The van der Waals surface area contributed by atoms with E-state index >= 15 is 0 Å². The zero-order valence-electron chi connectivity index (χ0n) is 11.5. The fraction of sp³-hybridized carbons (Fsp3) is 0.312. The molecule has 0 spiro atoms. The molecule has 110 valence electrons. The molecular weight excluding hydrogens is 307 g/mol. The minimum absolute atomic E-state index is 0.383. The first-order valence-electron chi connectivity index (χ1n) is 7.02. The number of rotatable bonds is 3. The first-order chi connectivity index (χ1) is 10.2. The molecule has 0 amide bonds. The van der Waals surface area contributed by atoms with E-state index in [4.69, 9.17) is 33.7 Å². The molecule has 0 saturated carbocycles. The minimum atomic E-state index is 0.383. The number of ether oxygens (including phenoxy) is 1. The first kappa shape index (κ1) is 14.6. The van der Waals surface area contributed by atoms with Gasteiger partial charge in [-0.1, -0.05) is 29.3 Å². The van der Waals surface area contributed by atoms with Gasteiger partial charge in [-0.05, 0) is 49.4 Å². The number of fused-ring (bicyclic) bond motifs is 1. The summed E-state index contributed by atoms with van der Waals surface area (Å²) < 4.78 is 5.87. The molecule has 21 heavy (non-hydrogen) atoms. The van der Waals surface area contributed by atoms with Crippen molar-refractivity contribution < 1.29 is 4.74 Å². The molecule has 5 heteroatoms. The van der Waals surface area contributed by atoms with Crippen LogP contribution in [0.4, 0.5) is 0 Å². The number of hydrogen-bond donors (Lipinski definition) is 1. The van der Waals surface area contributed by atoms with Crippen molar-refractivity contribution in [1.82, 2.24) is 4.98 Å². The third-order valence-electron chi connectivity index (χ3n) is 3.68. The maximum atomic E-state index is 6.17. The molecule has 1 aliphatic rings. The molecule has 1 aliphatic carbocycles. The van der Waals surface area contributed by atoms with Crippen molar-refractivity contribution in [2.75, 3.05) is 0 Å². The zero-order chi connectivity index (χ0) is 14.8. The Morgan fingerprint density at radius 2 is 2.00 bits per heavy atom.